The molecule has 8 nitrogen and oxygen atoms in total. The van der Waals surface area contributed by atoms with Crippen molar-refractivity contribution in [2.45, 2.75) is 80.4 Å². The monoisotopic (exact) mass is 697 g/mol. The van der Waals surface area contributed by atoms with Crippen molar-refractivity contribution < 1.29 is 34.1 Å². The molecule has 1 aliphatic carbocycles. The summed E-state index contributed by atoms with van der Waals surface area (Å²) in [6.45, 7) is 5.98. The van der Waals surface area contributed by atoms with Crippen LogP contribution in [0.5, 0.6) is 11.5 Å². The summed E-state index contributed by atoms with van der Waals surface area (Å²) in [7, 11) is 1.26. The molecule has 4 atom stereocenters. The Kier molecular flexibility index (Phi) is 13.5. The van der Waals surface area contributed by atoms with Crippen LogP contribution in [-0.2, 0) is 14.3 Å². The van der Waals surface area contributed by atoms with Crippen LogP contribution in [0.15, 0.2) is 59.7 Å². The normalized spacial score (nSPS) is 18.9. The molecule has 11 heteroatoms. The minimum Gasteiger partial charge on any atom is -0.507 e. The van der Waals surface area contributed by atoms with Gasteiger partial charge in [0.2, 0.25) is 5.91 Å². The van der Waals surface area contributed by atoms with Gasteiger partial charge < -0.3 is 20.3 Å². The SMILES string of the molecule is COC(=O)[C@H](CS[C@H](CC=C(C)C)C1=CC(=O)c2c(O)ccc(O)c2C1=O)NC(=O)CCCC[C@@H]1CCSC(c2ccccc2C)S1. The van der Waals surface area contributed by atoms with Gasteiger partial charge in [0.1, 0.15) is 17.5 Å². The van der Waals surface area contributed by atoms with Gasteiger partial charge in [0.15, 0.2) is 11.6 Å². The van der Waals surface area contributed by atoms with Gasteiger partial charge in [0, 0.05) is 28.2 Å². The minimum absolute atomic E-state index is 0.105. The van der Waals surface area contributed by atoms with Crippen molar-refractivity contribution in [2.75, 3.05) is 18.6 Å². The number of ketones is 2. The van der Waals surface area contributed by atoms with Gasteiger partial charge in [-0.05, 0) is 81.5 Å². The molecular formula is C36H43NO7S3. The number of carbonyl (C=O) groups excluding carboxylic acids is 4. The summed E-state index contributed by atoms with van der Waals surface area (Å²) in [6, 6.07) is 9.94. The highest BCUT2D eigenvalue weighted by atomic mass is 32.2. The predicted octanol–water partition coefficient (Wildman–Crippen LogP) is 7.33. The first-order valence-corrected chi connectivity index (χ1v) is 18.8. The lowest BCUT2D eigenvalue weighted by atomic mass is 9.86. The van der Waals surface area contributed by atoms with Gasteiger partial charge in [0.25, 0.3) is 0 Å². The van der Waals surface area contributed by atoms with Gasteiger partial charge in [-0.15, -0.1) is 23.5 Å². The van der Waals surface area contributed by atoms with Crippen molar-refractivity contribution in [1.29, 1.82) is 0 Å². The van der Waals surface area contributed by atoms with Crippen LogP contribution in [0, 0.1) is 6.92 Å². The number of esters is 1. The van der Waals surface area contributed by atoms with Crippen LogP contribution < -0.4 is 5.32 Å². The summed E-state index contributed by atoms with van der Waals surface area (Å²) < 4.78 is 5.42. The number of phenolic OH excluding ortho intramolecular Hbond substituents is 2. The Bertz CT molecular complexity index is 1550. The zero-order chi connectivity index (χ0) is 34.1. The van der Waals surface area contributed by atoms with E-state index in [1.165, 1.54) is 48.2 Å². The van der Waals surface area contributed by atoms with Crippen molar-refractivity contribution in [1.82, 2.24) is 5.32 Å². The third-order valence-electron chi connectivity index (χ3n) is 8.20. The van der Waals surface area contributed by atoms with Crippen LogP contribution in [0.2, 0.25) is 0 Å². The molecule has 0 radical (unpaired) electrons. The number of aryl methyl sites for hydroxylation is 1. The number of aromatic hydroxyl groups is 2. The first kappa shape index (κ1) is 36.7. The molecule has 1 fully saturated rings. The lowest BCUT2D eigenvalue weighted by Gasteiger charge is -2.29. The van der Waals surface area contributed by atoms with E-state index in [0.29, 0.717) is 22.7 Å². The molecule has 4 rings (SSSR count). The lowest BCUT2D eigenvalue weighted by molar-refractivity contribution is -0.144. The van der Waals surface area contributed by atoms with Crippen LogP contribution >= 0.6 is 35.3 Å². The number of phenols is 2. The summed E-state index contributed by atoms with van der Waals surface area (Å²) in [5.41, 5.74) is 3.40. The minimum atomic E-state index is -0.952. The summed E-state index contributed by atoms with van der Waals surface area (Å²) in [5.74, 6) is -1.53. The second kappa shape index (κ2) is 17.3. The van der Waals surface area contributed by atoms with Gasteiger partial charge in [-0.3, -0.25) is 14.4 Å². The number of allylic oxidation sites excluding steroid dienone is 3. The van der Waals surface area contributed by atoms with E-state index in [2.05, 4.69) is 36.5 Å². The molecule has 1 unspecified atom stereocenters. The maximum absolute atomic E-state index is 13.5. The average molecular weight is 698 g/mol. The molecule has 1 heterocycles. The van der Waals surface area contributed by atoms with Crippen LogP contribution in [0.3, 0.4) is 0 Å². The molecule has 0 bridgehead atoms. The average Bonchev–Trinajstić information content (AvgIpc) is 3.05. The quantitative estimate of drug-likeness (QED) is 0.0799. The maximum atomic E-state index is 13.5. The molecule has 252 valence electrons. The predicted molar refractivity (Wildman–Crippen MR) is 192 cm³/mol. The van der Waals surface area contributed by atoms with E-state index >= 15 is 0 Å². The molecule has 47 heavy (non-hydrogen) atoms. The number of thioether (sulfide) groups is 3. The Morgan fingerprint density at radius 3 is 2.51 bits per heavy atom. The number of carbonyl (C=O) groups is 4. The number of fused-ring (bicyclic) bond motifs is 1. The fourth-order valence-electron chi connectivity index (χ4n) is 5.61. The van der Waals surface area contributed by atoms with Crippen molar-refractivity contribution in [2.24, 2.45) is 0 Å². The second-order valence-electron chi connectivity index (χ2n) is 12.0. The van der Waals surface area contributed by atoms with E-state index < -0.39 is 28.8 Å². The Morgan fingerprint density at radius 2 is 1.81 bits per heavy atom. The summed E-state index contributed by atoms with van der Waals surface area (Å²) in [4.78, 5) is 52.1. The Morgan fingerprint density at radius 1 is 1.09 bits per heavy atom. The third-order valence-corrected chi connectivity index (χ3v) is 12.7. The Hall–Kier alpha value is -3.15. The molecule has 3 N–H and O–H groups in total. The largest absolute Gasteiger partial charge is 0.507 e. The number of Topliss-reactive ketones (excluding diaryl/α,β-unsaturated/α-hetero) is 1. The number of amides is 1. The van der Waals surface area contributed by atoms with Crippen molar-refractivity contribution in [3.8, 4) is 11.5 Å². The van der Waals surface area contributed by atoms with Gasteiger partial charge in [-0.25, -0.2) is 4.79 Å². The van der Waals surface area contributed by atoms with Crippen LogP contribution in [-0.4, -0.2) is 68.8 Å². The molecule has 1 aliphatic heterocycles. The van der Waals surface area contributed by atoms with Crippen molar-refractivity contribution in [3.05, 3.63) is 82.0 Å². The number of rotatable bonds is 14. The van der Waals surface area contributed by atoms with E-state index in [1.807, 2.05) is 43.4 Å². The Labute approximate surface area is 289 Å². The molecule has 2 aromatic rings. The number of unbranched alkanes of at least 4 members (excludes halogenated alkanes) is 1. The molecule has 1 saturated heterocycles. The molecular weight excluding hydrogens is 655 g/mol. The van der Waals surface area contributed by atoms with E-state index in [-0.39, 0.29) is 46.3 Å². The van der Waals surface area contributed by atoms with Crippen molar-refractivity contribution >= 4 is 58.7 Å². The summed E-state index contributed by atoms with van der Waals surface area (Å²) in [6.07, 6.45) is 7.56. The first-order chi connectivity index (χ1) is 22.5. The van der Waals surface area contributed by atoms with Gasteiger partial charge in [-0.2, -0.15) is 11.8 Å². The van der Waals surface area contributed by atoms with Crippen LogP contribution in [0.25, 0.3) is 0 Å². The first-order valence-electron chi connectivity index (χ1n) is 15.8. The Balaban J connectivity index is 1.34. The van der Waals surface area contributed by atoms with E-state index in [4.69, 9.17) is 4.74 Å². The van der Waals surface area contributed by atoms with Crippen LogP contribution in [0.4, 0.5) is 0 Å². The fourth-order valence-corrected chi connectivity index (χ4v) is 10.5. The van der Waals surface area contributed by atoms with E-state index in [1.54, 1.807) is 0 Å². The van der Waals surface area contributed by atoms with Crippen molar-refractivity contribution in [3.63, 3.8) is 0 Å². The summed E-state index contributed by atoms with van der Waals surface area (Å²) >= 11 is 5.27. The zero-order valence-corrected chi connectivity index (χ0v) is 29.7. The topological polar surface area (TPSA) is 130 Å². The molecule has 0 aromatic heterocycles. The second-order valence-corrected chi connectivity index (χ2v) is 16.1. The molecule has 0 saturated carbocycles. The molecule has 2 aromatic carbocycles. The summed E-state index contributed by atoms with van der Waals surface area (Å²) in [5, 5.41) is 23.4. The number of nitrogens with one attached hydrogen (secondary N) is 1. The van der Waals surface area contributed by atoms with E-state index in [9.17, 15) is 29.4 Å². The number of benzene rings is 2. The number of hydrogen-bond acceptors (Lipinski definition) is 10. The van der Waals surface area contributed by atoms with Gasteiger partial charge >= 0.3 is 5.97 Å². The number of ether oxygens (including phenoxy) is 1. The lowest BCUT2D eigenvalue weighted by Crippen LogP contribution is -2.43. The fraction of sp³-hybridized carbons (Fsp3) is 0.444. The smallest absolute Gasteiger partial charge is 0.329 e. The number of hydrogen-bond donors (Lipinski definition) is 3. The number of methoxy groups -OCH3 is 1. The highest BCUT2D eigenvalue weighted by Crippen LogP contribution is 2.49. The highest BCUT2D eigenvalue weighted by Gasteiger charge is 2.35. The third kappa shape index (κ3) is 9.70. The maximum Gasteiger partial charge on any atom is 0.329 e. The molecule has 1 amide bonds. The van der Waals surface area contributed by atoms with Gasteiger partial charge in [0.05, 0.1) is 22.8 Å². The zero-order valence-electron chi connectivity index (χ0n) is 27.2. The standard InChI is InChI=1S/C36H43NO7S3/c1-21(2)13-16-30(25-19-29(40)32-27(38)14-15-28(39)33(32)34(25)42)46-20-26(35(43)44-4)37-31(41)12-8-6-10-23-17-18-45-36(47-23)24-11-7-5-9-22(24)3/h5,7,9,11,13-15,19,23,26,30,36,38-39H,6,8,10,12,16-18,20H2,1-4H3,(H,37,41)/t23-,26+,30-,36?/m1/s1. The molecule has 0 spiro atoms. The van der Waals surface area contributed by atoms with Gasteiger partial charge in [-0.1, -0.05) is 42.3 Å². The van der Waals surface area contributed by atoms with E-state index in [0.717, 1.165) is 30.6 Å². The highest BCUT2D eigenvalue weighted by molar-refractivity contribution is 8.17. The molecule has 2 aliphatic rings. The van der Waals surface area contributed by atoms with Crippen LogP contribution in [0.1, 0.15) is 88.8 Å².